The first-order valence-corrected chi connectivity index (χ1v) is 7.67. The van der Waals surface area contributed by atoms with E-state index in [1.807, 2.05) is 38.1 Å². The fraction of sp³-hybridized carbons (Fsp3) is 0.562. The van der Waals surface area contributed by atoms with Crippen molar-refractivity contribution in [2.45, 2.75) is 25.9 Å². The number of amides is 1. The summed E-state index contributed by atoms with van der Waals surface area (Å²) >= 11 is 5.92. The van der Waals surface area contributed by atoms with Crippen LogP contribution in [0.3, 0.4) is 0 Å². The molecule has 2 unspecified atom stereocenters. The van der Waals surface area contributed by atoms with Gasteiger partial charge in [-0.2, -0.15) is 0 Å². The highest BCUT2D eigenvalue weighted by molar-refractivity contribution is 6.30. The van der Waals surface area contributed by atoms with Crippen LogP contribution in [0.1, 0.15) is 25.3 Å². The van der Waals surface area contributed by atoms with Crippen molar-refractivity contribution in [3.05, 3.63) is 34.9 Å². The number of carbonyl (C=O) groups is 1. The Morgan fingerprint density at radius 2 is 2.10 bits per heavy atom. The SMILES string of the molecule is CC(C)C(C(=O)N1CCOC(CO)C1)c1ccc(Cl)cc1. The molecule has 1 aliphatic heterocycles. The molecular weight excluding hydrogens is 290 g/mol. The second-order valence-electron chi connectivity index (χ2n) is 5.73. The molecule has 1 aliphatic rings. The number of nitrogens with zero attached hydrogens (tertiary/aromatic N) is 1. The van der Waals surface area contributed by atoms with Gasteiger partial charge in [0, 0.05) is 18.1 Å². The fourth-order valence-electron chi connectivity index (χ4n) is 2.71. The lowest BCUT2D eigenvalue weighted by Crippen LogP contribution is -2.49. The van der Waals surface area contributed by atoms with Crippen molar-refractivity contribution in [1.82, 2.24) is 4.90 Å². The first-order valence-electron chi connectivity index (χ1n) is 7.29. The Labute approximate surface area is 130 Å². The van der Waals surface area contributed by atoms with Gasteiger partial charge in [-0.15, -0.1) is 0 Å². The van der Waals surface area contributed by atoms with Crippen LogP contribution in [-0.2, 0) is 9.53 Å². The van der Waals surface area contributed by atoms with Crippen molar-refractivity contribution in [2.24, 2.45) is 5.92 Å². The summed E-state index contributed by atoms with van der Waals surface area (Å²) in [5.74, 6) is 0.0860. The third-order valence-electron chi connectivity index (χ3n) is 3.82. The van der Waals surface area contributed by atoms with Gasteiger partial charge in [0.1, 0.15) is 0 Å². The second kappa shape index (κ2) is 7.25. The predicted molar refractivity (Wildman–Crippen MR) is 82.4 cm³/mol. The number of benzene rings is 1. The van der Waals surface area contributed by atoms with E-state index in [9.17, 15) is 9.90 Å². The number of carbonyl (C=O) groups excluding carboxylic acids is 1. The van der Waals surface area contributed by atoms with Crippen molar-refractivity contribution in [2.75, 3.05) is 26.3 Å². The Morgan fingerprint density at radius 1 is 1.43 bits per heavy atom. The summed E-state index contributed by atoms with van der Waals surface area (Å²) in [5.41, 5.74) is 0.978. The molecule has 1 aromatic rings. The zero-order chi connectivity index (χ0) is 15.4. The van der Waals surface area contributed by atoms with Crippen molar-refractivity contribution in [3.63, 3.8) is 0 Å². The molecule has 0 spiro atoms. The molecule has 4 nitrogen and oxygen atoms in total. The molecule has 0 bridgehead atoms. The number of aliphatic hydroxyl groups is 1. The average molecular weight is 312 g/mol. The van der Waals surface area contributed by atoms with Gasteiger partial charge >= 0.3 is 0 Å². The van der Waals surface area contributed by atoms with Gasteiger partial charge in [-0.05, 0) is 23.6 Å². The average Bonchev–Trinajstić information content (AvgIpc) is 2.49. The zero-order valence-electron chi connectivity index (χ0n) is 12.5. The van der Waals surface area contributed by atoms with E-state index in [2.05, 4.69) is 0 Å². The van der Waals surface area contributed by atoms with E-state index < -0.39 is 0 Å². The van der Waals surface area contributed by atoms with Crippen LogP contribution in [0.25, 0.3) is 0 Å². The van der Waals surface area contributed by atoms with Gasteiger partial charge in [0.15, 0.2) is 0 Å². The van der Waals surface area contributed by atoms with Crippen LogP contribution in [0.5, 0.6) is 0 Å². The number of rotatable bonds is 4. The Bertz CT molecular complexity index is 475. The highest BCUT2D eigenvalue weighted by Crippen LogP contribution is 2.28. The van der Waals surface area contributed by atoms with Crippen LogP contribution < -0.4 is 0 Å². The number of hydrogen-bond donors (Lipinski definition) is 1. The predicted octanol–water partition coefficient (Wildman–Crippen LogP) is 2.30. The van der Waals surface area contributed by atoms with Crippen molar-refractivity contribution in [3.8, 4) is 0 Å². The highest BCUT2D eigenvalue weighted by Gasteiger charge is 2.31. The molecule has 1 amide bonds. The first-order chi connectivity index (χ1) is 10.0. The van der Waals surface area contributed by atoms with Crippen LogP contribution in [-0.4, -0.2) is 48.3 Å². The molecule has 21 heavy (non-hydrogen) atoms. The molecule has 0 aromatic heterocycles. The second-order valence-corrected chi connectivity index (χ2v) is 6.17. The molecule has 1 heterocycles. The minimum Gasteiger partial charge on any atom is -0.394 e. The van der Waals surface area contributed by atoms with Gasteiger partial charge in [0.25, 0.3) is 0 Å². The molecule has 0 aliphatic carbocycles. The number of ether oxygens (including phenoxy) is 1. The monoisotopic (exact) mass is 311 g/mol. The largest absolute Gasteiger partial charge is 0.394 e. The maximum atomic E-state index is 12.8. The Kier molecular flexibility index (Phi) is 5.62. The standard InChI is InChI=1S/C16H22ClNO3/c1-11(2)15(12-3-5-13(17)6-4-12)16(20)18-7-8-21-14(9-18)10-19/h3-6,11,14-15,19H,7-10H2,1-2H3. The number of hydrogen-bond acceptors (Lipinski definition) is 3. The van der Waals surface area contributed by atoms with E-state index in [0.717, 1.165) is 5.56 Å². The van der Waals surface area contributed by atoms with Crippen LogP contribution in [0, 0.1) is 5.92 Å². The summed E-state index contributed by atoms with van der Waals surface area (Å²) in [7, 11) is 0. The third-order valence-corrected chi connectivity index (χ3v) is 4.07. The molecule has 0 radical (unpaired) electrons. The van der Waals surface area contributed by atoms with E-state index in [0.29, 0.717) is 24.7 Å². The van der Waals surface area contributed by atoms with Gasteiger partial charge in [-0.3, -0.25) is 4.79 Å². The molecule has 1 saturated heterocycles. The molecule has 116 valence electrons. The van der Waals surface area contributed by atoms with Crippen LogP contribution >= 0.6 is 11.6 Å². The van der Waals surface area contributed by atoms with E-state index in [4.69, 9.17) is 16.3 Å². The maximum Gasteiger partial charge on any atom is 0.230 e. The summed E-state index contributed by atoms with van der Waals surface area (Å²) in [6.07, 6.45) is -0.277. The van der Waals surface area contributed by atoms with Gasteiger partial charge in [-0.1, -0.05) is 37.6 Å². The lowest BCUT2D eigenvalue weighted by atomic mass is 9.87. The number of halogens is 1. The third kappa shape index (κ3) is 3.96. The smallest absolute Gasteiger partial charge is 0.230 e. The van der Waals surface area contributed by atoms with Gasteiger partial charge in [0.2, 0.25) is 5.91 Å². The lowest BCUT2D eigenvalue weighted by Gasteiger charge is -2.35. The lowest BCUT2D eigenvalue weighted by molar-refractivity contribution is -0.142. The van der Waals surface area contributed by atoms with Gasteiger partial charge in [0.05, 0.1) is 25.2 Å². The molecule has 1 N–H and O–H groups in total. The van der Waals surface area contributed by atoms with Gasteiger partial charge < -0.3 is 14.7 Å². The molecule has 0 saturated carbocycles. The maximum absolute atomic E-state index is 12.8. The van der Waals surface area contributed by atoms with Crippen LogP contribution in [0.15, 0.2) is 24.3 Å². The van der Waals surface area contributed by atoms with Crippen molar-refractivity contribution in [1.29, 1.82) is 0 Å². The Balaban J connectivity index is 2.17. The van der Waals surface area contributed by atoms with Gasteiger partial charge in [-0.25, -0.2) is 0 Å². The normalized spacial score (nSPS) is 20.6. The summed E-state index contributed by atoms with van der Waals surface area (Å²) in [6.45, 7) is 5.53. The highest BCUT2D eigenvalue weighted by atomic mass is 35.5. The van der Waals surface area contributed by atoms with E-state index in [1.54, 1.807) is 4.90 Å². The molecule has 2 rings (SSSR count). The first kappa shape index (κ1) is 16.3. The molecule has 5 heteroatoms. The quantitative estimate of drug-likeness (QED) is 0.928. The topological polar surface area (TPSA) is 49.8 Å². The summed E-state index contributed by atoms with van der Waals surface area (Å²) in [4.78, 5) is 14.6. The van der Waals surface area contributed by atoms with E-state index in [-0.39, 0.29) is 30.5 Å². The molecule has 2 atom stereocenters. The summed E-state index contributed by atoms with van der Waals surface area (Å²) < 4.78 is 5.41. The number of morpholine rings is 1. The molecule has 1 aromatic carbocycles. The molecule has 1 fully saturated rings. The minimum absolute atomic E-state index is 0.0585. The molecular formula is C16H22ClNO3. The van der Waals surface area contributed by atoms with Crippen LogP contribution in [0.2, 0.25) is 5.02 Å². The minimum atomic E-state index is -0.277. The summed E-state index contributed by atoms with van der Waals surface area (Å²) in [6, 6.07) is 7.45. The Hall–Kier alpha value is -1.10. The van der Waals surface area contributed by atoms with Crippen molar-refractivity contribution >= 4 is 17.5 Å². The number of aliphatic hydroxyl groups excluding tert-OH is 1. The summed E-state index contributed by atoms with van der Waals surface area (Å²) in [5, 5.41) is 9.88. The van der Waals surface area contributed by atoms with Crippen molar-refractivity contribution < 1.29 is 14.6 Å². The zero-order valence-corrected chi connectivity index (χ0v) is 13.2. The van der Waals surface area contributed by atoms with E-state index in [1.165, 1.54) is 0 Å². The van der Waals surface area contributed by atoms with Crippen LogP contribution in [0.4, 0.5) is 0 Å². The Morgan fingerprint density at radius 3 is 2.67 bits per heavy atom. The fourth-order valence-corrected chi connectivity index (χ4v) is 2.84. The van der Waals surface area contributed by atoms with E-state index >= 15 is 0 Å².